The van der Waals surface area contributed by atoms with E-state index in [1.54, 1.807) is 0 Å². The zero-order valence-corrected chi connectivity index (χ0v) is 53.3. The summed E-state index contributed by atoms with van der Waals surface area (Å²) in [6, 6.07) is -0.846. The number of quaternary nitrogens is 1. The number of nitrogens with zero attached hydrogens (tertiary/aromatic N) is 1. The maximum Gasteiger partial charge on any atom is 0.472 e. The van der Waals surface area contributed by atoms with Crippen LogP contribution in [0.25, 0.3) is 0 Å². The lowest BCUT2D eigenvalue weighted by molar-refractivity contribution is -0.870. The van der Waals surface area contributed by atoms with Crippen LogP contribution in [0.1, 0.15) is 323 Å². The molecule has 0 aromatic heterocycles. The smallest absolute Gasteiger partial charge is 0.456 e. The molecule has 0 spiro atoms. The highest BCUT2D eigenvalue weighted by Crippen LogP contribution is 2.43. The molecule has 0 radical (unpaired) electrons. The summed E-state index contributed by atoms with van der Waals surface area (Å²) in [6.45, 7) is 7.02. The first-order valence-corrected chi connectivity index (χ1v) is 35.0. The molecule has 0 saturated carbocycles. The van der Waals surface area contributed by atoms with Gasteiger partial charge < -0.3 is 19.4 Å². The van der Waals surface area contributed by atoms with Crippen molar-refractivity contribution in [1.82, 2.24) is 5.32 Å². The summed E-state index contributed by atoms with van der Waals surface area (Å²) >= 11 is 0. The Kier molecular flexibility index (Phi) is 56.7. The van der Waals surface area contributed by atoms with Crippen LogP contribution >= 0.6 is 7.82 Å². The lowest BCUT2D eigenvalue weighted by Crippen LogP contribution is -2.47. The van der Waals surface area contributed by atoms with Crippen molar-refractivity contribution < 1.29 is 37.3 Å². The Balaban J connectivity index is 5.08. The molecule has 2 N–H and O–H groups in total. The van der Waals surface area contributed by atoms with E-state index in [9.17, 15) is 19.0 Å². The van der Waals surface area contributed by atoms with Crippen molar-refractivity contribution in [1.29, 1.82) is 0 Å². The number of phosphoric ester groups is 1. The van der Waals surface area contributed by atoms with Crippen molar-refractivity contribution in [3.8, 4) is 0 Å². The van der Waals surface area contributed by atoms with Crippen LogP contribution in [-0.2, 0) is 27.9 Å². The lowest BCUT2D eigenvalue weighted by atomic mass is 10.0. The first kappa shape index (κ1) is 76.0. The van der Waals surface area contributed by atoms with Crippen LogP contribution in [0.4, 0.5) is 0 Å². The first-order valence-electron chi connectivity index (χ1n) is 33.5. The van der Waals surface area contributed by atoms with E-state index < -0.39 is 20.0 Å². The fraction of sp³-hybridized carbons (Fsp3) is 0.853. The first-order chi connectivity index (χ1) is 37.9. The summed E-state index contributed by atoms with van der Waals surface area (Å²) in [4.78, 5) is 37.8. The number of allylic oxidation sites excluding steroid dienone is 7. The number of hydrogen-bond acceptors (Lipinski definition) is 6. The molecule has 1 amide bonds. The number of carbonyl (C=O) groups excluding carboxylic acids is 2. The highest BCUT2D eigenvalue weighted by Gasteiger charge is 2.30. The third kappa shape index (κ3) is 58.6. The van der Waals surface area contributed by atoms with Gasteiger partial charge in [0.1, 0.15) is 19.3 Å². The summed E-state index contributed by atoms with van der Waals surface area (Å²) in [5.41, 5.74) is 0. The van der Waals surface area contributed by atoms with Crippen molar-refractivity contribution in [2.45, 2.75) is 335 Å². The maximum atomic E-state index is 13.6. The molecule has 0 rings (SSSR count). The molecular formula is C68H130N2O7P+. The van der Waals surface area contributed by atoms with E-state index in [4.69, 9.17) is 13.8 Å². The molecule has 0 aliphatic rings. The van der Waals surface area contributed by atoms with Crippen LogP contribution in [0, 0.1) is 0 Å². The minimum absolute atomic E-state index is 0.0416. The standard InChI is InChI=1S/C68H129N2O7P/c1-7-10-13-16-19-22-25-28-30-31-32-33-34-35-36-37-38-39-41-42-45-48-51-54-57-60-67(71)69-65(64-76-78(73,74)75-63-62-70(4,5)6)66(59-56-53-50-47-44-27-24-21-18-15-12-9-3)77-68(72)61-58-55-52-49-46-43-40-29-26-23-20-17-14-11-8-2/h19,22,28,30,32-33,56,59,65-66H,7-18,20-21,23-27,29,31,34-55,57-58,60-64H2,1-6H3,(H-,69,71,73,74)/p+1/b22-19-,30-28-,33-32-,59-56-. The second kappa shape index (κ2) is 58.2. The highest BCUT2D eigenvalue weighted by molar-refractivity contribution is 7.47. The largest absolute Gasteiger partial charge is 0.472 e. The highest BCUT2D eigenvalue weighted by atomic mass is 31.2. The third-order valence-corrected chi connectivity index (χ3v) is 16.0. The molecule has 78 heavy (non-hydrogen) atoms. The van der Waals surface area contributed by atoms with Gasteiger partial charge in [0.15, 0.2) is 0 Å². The van der Waals surface area contributed by atoms with E-state index in [-0.39, 0.29) is 25.1 Å². The Bertz CT molecular complexity index is 1470. The molecule has 3 unspecified atom stereocenters. The van der Waals surface area contributed by atoms with Crippen molar-refractivity contribution in [3.63, 3.8) is 0 Å². The summed E-state index contributed by atoms with van der Waals surface area (Å²) in [7, 11) is 1.51. The topological polar surface area (TPSA) is 111 Å². The van der Waals surface area contributed by atoms with Gasteiger partial charge in [-0.3, -0.25) is 18.6 Å². The second-order valence-corrected chi connectivity index (χ2v) is 25.5. The van der Waals surface area contributed by atoms with Gasteiger partial charge in [0.05, 0.1) is 33.8 Å². The zero-order valence-electron chi connectivity index (χ0n) is 52.4. The number of esters is 1. The quantitative estimate of drug-likeness (QED) is 0.0205. The summed E-state index contributed by atoms with van der Waals surface area (Å²) < 4.78 is 30.8. The third-order valence-electron chi connectivity index (χ3n) is 15.0. The fourth-order valence-corrected chi connectivity index (χ4v) is 10.6. The van der Waals surface area contributed by atoms with Crippen LogP contribution in [0.3, 0.4) is 0 Å². The van der Waals surface area contributed by atoms with Crippen LogP contribution in [0.5, 0.6) is 0 Å². The monoisotopic (exact) mass is 1120 g/mol. The lowest BCUT2D eigenvalue weighted by Gasteiger charge is -2.27. The average molecular weight is 1120 g/mol. The van der Waals surface area contributed by atoms with Gasteiger partial charge in [0.25, 0.3) is 0 Å². The van der Waals surface area contributed by atoms with Crippen LogP contribution in [0.15, 0.2) is 48.6 Å². The molecule has 0 bridgehead atoms. The van der Waals surface area contributed by atoms with E-state index in [2.05, 4.69) is 62.5 Å². The van der Waals surface area contributed by atoms with Gasteiger partial charge in [-0.2, -0.15) is 0 Å². The Hall–Kier alpha value is -2.03. The molecule has 458 valence electrons. The maximum absolute atomic E-state index is 13.6. The van der Waals surface area contributed by atoms with Crippen molar-refractivity contribution in [2.75, 3.05) is 40.9 Å². The molecule has 9 nitrogen and oxygen atoms in total. The van der Waals surface area contributed by atoms with Crippen molar-refractivity contribution in [3.05, 3.63) is 48.6 Å². The molecule has 10 heteroatoms. The molecule has 3 atom stereocenters. The van der Waals surface area contributed by atoms with Gasteiger partial charge in [0, 0.05) is 12.8 Å². The Morgan fingerprint density at radius 1 is 0.449 bits per heavy atom. The average Bonchev–Trinajstić information content (AvgIpc) is 3.40. The van der Waals surface area contributed by atoms with E-state index in [1.165, 1.54) is 218 Å². The number of rotatable bonds is 61. The number of carbonyl (C=O) groups is 2. The minimum atomic E-state index is -4.45. The van der Waals surface area contributed by atoms with Gasteiger partial charge in [0.2, 0.25) is 5.91 Å². The number of ether oxygens (including phenoxy) is 1. The summed E-state index contributed by atoms with van der Waals surface area (Å²) in [5.74, 6) is -0.493. The van der Waals surface area contributed by atoms with E-state index in [1.807, 2.05) is 33.3 Å². The Morgan fingerprint density at radius 3 is 1.19 bits per heavy atom. The fourth-order valence-electron chi connectivity index (χ4n) is 9.83. The van der Waals surface area contributed by atoms with Crippen molar-refractivity contribution in [2.24, 2.45) is 0 Å². The normalized spacial score (nSPS) is 13.9. The molecule has 0 aromatic rings. The number of hydrogen-bond donors (Lipinski definition) is 2. The van der Waals surface area contributed by atoms with E-state index in [0.717, 1.165) is 70.6 Å². The number of amides is 1. The van der Waals surface area contributed by atoms with Crippen LogP contribution in [-0.4, -0.2) is 74.3 Å². The SMILES string of the molecule is CCCCC/C=C\C/C=C\C/C=C\CCCCCCCCCCCCCCC(=O)NC(COP(=O)(O)OCC[N+](C)(C)C)C(/C=C\CCCCCCCCCCCC)OC(=O)CCCCCCCCCCCCCCCCC. The Morgan fingerprint density at radius 2 is 0.782 bits per heavy atom. The van der Waals surface area contributed by atoms with Gasteiger partial charge in [-0.05, 0) is 70.3 Å². The van der Waals surface area contributed by atoms with Gasteiger partial charge in [-0.25, -0.2) is 4.57 Å². The number of phosphoric acid groups is 1. The molecule has 0 saturated heterocycles. The zero-order chi connectivity index (χ0) is 57.2. The molecular weight excluding hydrogens is 988 g/mol. The van der Waals surface area contributed by atoms with Crippen LogP contribution < -0.4 is 5.32 Å². The molecule has 0 heterocycles. The van der Waals surface area contributed by atoms with Crippen LogP contribution in [0.2, 0.25) is 0 Å². The number of nitrogens with one attached hydrogen (secondary N) is 1. The van der Waals surface area contributed by atoms with Gasteiger partial charge in [-0.15, -0.1) is 0 Å². The van der Waals surface area contributed by atoms with Crippen molar-refractivity contribution >= 4 is 19.7 Å². The second-order valence-electron chi connectivity index (χ2n) is 24.0. The predicted molar refractivity (Wildman–Crippen MR) is 337 cm³/mol. The van der Waals surface area contributed by atoms with Gasteiger partial charge >= 0.3 is 13.8 Å². The molecule has 0 aromatic carbocycles. The summed E-state index contributed by atoms with van der Waals surface area (Å²) in [5, 5.41) is 3.07. The minimum Gasteiger partial charge on any atom is -0.456 e. The Labute approximate surface area is 484 Å². The number of unbranched alkanes of at least 4 members (excludes halogenated alkanes) is 39. The van der Waals surface area contributed by atoms with E-state index >= 15 is 0 Å². The summed E-state index contributed by atoms with van der Waals surface area (Å²) in [6.07, 6.45) is 72.5. The number of likely N-dealkylation sites (N-methyl/N-ethyl adjacent to an activating group) is 1. The molecule has 0 aliphatic heterocycles. The molecule has 0 fully saturated rings. The van der Waals surface area contributed by atoms with E-state index in [0.29, 0.717) is 23.9 Å². The predicted octanol–water partition coefficient (Wildman–Crippen LogP) is 20.8. The molecule has 0 aliphatic carbocycles. The van der Waals surface area contributed by atoms with Gasteiger partial charge in [-0.1, -0.05) is 288 Å².